The topological polar surface area (TPSA) is 71.9 Å². The number of halogens is 3. The number of carboxylic acid groups (broad SMARTS) is 1. The van der Waals surface area contributed by atoms with Gasteiger partial charge in [-0.25, -0.2) is 4.98 Å². The Labute approximate surface area is 205 Å². The van der Waals surface area contributed by atoms with Gasteiger partial charge < -0.3 is 19.5 Å². The van der Waals surface area contributed by atoms with Crippen LogP contribution in [0.3, 0.4) is 0 Å². The third kappa shape index (κ3) is 5.98. The van der Waals surface area contributed by atoms with E-state index in [4.69, 9.17) is 14.6 Å². The van der Waals surface area contributed by atoms with Crippen LogP contribution < -0.4 is 14.4 Å². The number of hydrogen-bond donors (Lipinski definition) is 1. The highest BCUT2D eigenvalue weighted by Crippen LogP contribution is 2.40. The summed E-state index contributed by atoms with van der Waals surface area (Å²) in [6, 6.07) is 8.80. The van der Waals surface area contributed by atoms with Crippen LogP contribution in [-0.2, 0) is 17.4 Å². The van der Waals surface area contributed by atoms with Crippen LogP contribution in [0.15, 0.2) is 36.4 Å². The number of nitrogens with zero attached hydrogens (tertiary/aromatic N) is 2. The van der Waals surface area contributed by atoms with Crippen LogP contribution in [-0.4, -0.2) is 42.9 Å². The average molecular weight is 509 g/mol. The molecule has 1 saturated heterocycles. The van der Waals surface area contributed by atoms with Crippen molar-refractivity contribution in [3.8, 4) is 11.5 Å². The lowest BCUT2D eigenvalue weighted by Crippen LogP contribution is -2.39. The maximum atomic E-state index is 13.0. The lowest BCUT2D eigenvalue weighted by atomic mass is 9.78. The number of hydrogen-bond acceptors (Lipinski definition) is 6. The molecule has 0 bridgehead atoms. The molecular weight excluding hydrogens is 481 g/mol. The zero-order chi connectivity index (χ0) is 25.2. The summed E-state index contributed by atoms with van der Waals surface area (Å²) < 4.78 is 50.9. The van der Waals surface area contributed by atoms with Crippen LogP contribution in [0, 0.1) is 5.41 Å². The number of aliphatic carboxylic acids is 1. The van der Waals surface area contributed by atoms with E-state index in [9.17, 15) is 18.0 Å². The number of fused-ring (bicyclic) bond motifs is 1. The van der Waals surface area contributed by atoms with Gasteiger partial charge >= 0.3 is 12.1 Å². The molecule has 1 N–H and O–H groups in total. The molecule has 1 fully saturated rings. The minimum absolute atomic E-state index is 0.0442. The summed E-state index contributed by atoms with van der Waals surface area (Å²) >= 11 is 1.29. The number of benzene rings is 2. The Bertz CT molecular complexity index is 1200. The first kappa shape index (κ1) is 25.1. The maximum absolute atomic E-state index is 13.0. The van der Waals surface area contributed by atoms with Crippen LogP contribution in [0.2, 0.25) is 0 Å². The van der Waals surface area contributed by atoms with E-state index in [2.05, 4.69) is 16.8 Å². The van der Waals surface area contributed by atoms with Gasteiger partial charge in [-0.15, -0.1) is 0 Å². The Hall–Kier alpha value is -3.01. The van der Waals surface area contributed by atoms with Gasteiger partial charge in [-0.3, -0.25) is 4.79 Å². The Morgan fingerprint density at radius 3 is 2.57 bits per heavy atom. The molecule has 1 aliphatic rings. The Kier molecular flexibility index (Phi) is 7.12. The Balaban J connectivity index is 1.35. The summed E-state index contributed by atoms with van der Waals surface area (Å²) in [7, 11) is 1.54. The lowest BCUT2D eigenvalue weighted by Gasteiger charge is -2.39. The third-order valence-electron chi connectivity index (χ3n) is 6.49. The normalized spacial score (nSPS) is 15.9. The quantitative estimate of drug-likeness (QED) is 0.401. The molecule has 2 aromatic carbocycles. The smallest absolute Gasteiger partial charge is 0.416 e. The lowest BCUT2D eigenvalue weighted by molar-refractivity contribution is -0.138. The van der Waals surface area contributed by atoms with Crippen molar-refractivity contribution in [1.29, 1.82) is 0 Å². The number of aromatic nitrogens is 1. The van der Waals surface area contributed by atoms with Gasteiger partial charge in [0.15, 0.2) is 16.6 Å². The number of anilines is 1. The Morgan fingerprint density at radius 2 is 1.91 bits per heavy atom. The van der Waals surface area contributed by atoms with E-state index in [0.29, 0.717) is 33.9 Å². The van der Waals surface area contributed by atoms with E-state index in [0.717, 1.165) is 43.5 Å². The fourth-order valence-electron chi connectivity index (χ4n) is 4.24. The molecule has 0 atom stereocenters. The van der Waals surface area contributed by atoms with Crippen molar-refractivity contribution < 1.29 is 32.5 Å². The van der Waals surface area contributed by atoms with Gasteiger partial charge in [0.25, 0.3) is 0 Å². The Morgan fingerprint density at radius 1 is 1.17 bits per heavy atom. The van der Waals surface area contributed by atoms with Crippen molar-refractivity contribution in [1.82, 2.24) is 4.98 Å². The molecule has 188 valence electrons. The van der Waals surface area contributed by atoms with Crippen molar-refractivity contribution >= 4 is 32.7 Å². The second-order valence-electron chi connectivity index (χ2n) is 9.13. The summed E-state index contributed by atoms with van der Waals surface area (Å²) in [4.78, 5) is 17.7. The van der Waals surface area contributed by atoms with Crippen LogP contribution in [0.1, 0.15) is 37.3 Å². The molecule has 0 unspecified atom stereocenters. The van der Waals surface area contributed by atoms with Crippen LogP contribution in [0.4, 0.5) is 18.3 Å². The van der Waals surface area contributed by atoms with Crippen molar-refractivity contribution in [2.24, 2.45) is 5.41 Å². The van der Waals surface area contributed by atoms with E-state index >= 15 is 0 Å². The first-order valence-electron chi connectivity index (χ1n) is 11.3. The fourth-order valence-corrected chi connectivity index (χ4v) is 5.29. The fraction of sp³-hybridized carbons (Fsp3) is 0.440. The van der Waals surface area contributed by atoms with Crippen molar-refractivity contribution in [2.45, 2.75) is 38.8 Å². The van der Waals surface area contributed by atoms with Crippen molar-refractivity contribution in [3.63, 3.8) is 0 Å². The monoisotopic (exact) mass is 508 g/mol. The van der Waals surface area contributed by atoms with Gasteiger partial charge in [-0.05, 0) is 60.6 Å². The number of rotatable bonds is 8. The molecule has 0 radical (unpaired) electrons. The van der Waals surface area contributed by atoms with E-state index in [1.165, 1.54) is 23.5 Å². The molecule has 4 rings (SSSR count). The largest absolute Gasteiger partial charge is 0.493 e. The minimum atomic E-state index is -4.37. The SMILES string of the molecule is COc1ccc(CC(=O)O)cc1OCCC1(C)CCN(c2nc3ccc(C(F)(F)F)cc3s2)CC1. The highest BCUT2D eigenvalue weighted by atomic mass is 32.1. The van der Waals surface area contributed by atoms with Crippen molar-refractivity contribution in [3.05, 3.63) is 47.5 Å². The molecule has 0 amide bonds. The molecule has 1 aromatic heterocycles. The number of ether oxygens (including phenoxy) is 2. The summed E-state index contributed by atoms with van der Waals surface area (Å²) in [6.45, 7) is 4.20. The molecule has 1 aliphatic heterocycles. The predicted octanol–water partition coefficient (Wildman–Crippen LogP) is 6.03. The standard InChI is InChI=1S/C25H27F3N2O4S/c1-24(9-12-34-20-13-16(14-22(31)32)3-6-19(20)33-2)7-10-30(11-8-24)23-29-18-5-4-17(25(26,27)28)15-21(18)35-23/h3-6,13,15H,7-12,14H2,1-2H3,(H,31,32). The highest BCUT2D eigenvalue weighted by Gasteiger charge is 2.33. The molecular formula is C25H27F3N2O4S. The minimum Gasteiger partial charge on any atom is -0.493 e. The van der Waals surface area contributed by atoms with Gasteiger partial charge in [-0.2, -0.15) is 13.2 Å². The molecule has 0 spiro atoms. The van der Waals surface area contributed by atoms with E-state index in [1.54, 1.807) is 25.3 Å². The first-order chi connectivity index (χ1) is 16.6. The predicted molar refractivity (Wildman–Crippen MR) is 129 cm³/mol. The first-order valence-corrected chi connectivity index (χ1v) is 12.1. The van der Waals surface area contributed by atoms with Gasteiger partial charge in [-0.1, -0.05) is 24.3 Å². The molecule has 0 aliphatic carbocycles. The molecule has 3 aromatic rings. The van der Waals surface area contributed by atoms with Gasteiger partial charge in [0.05, 0.1) is 35.9 Å². The van der Waals surface area contributed by atoms with Gasteiger partial charge in [0, 0.05) is 13.1 Å². The van der Waals surface area contributed by atoms with Crippen LogP contribution in [0.5, 0.6) is 11.5 Å². The number of thiazole rings is 1. The van der Waals surface area contributed by atoms with E-state index < -0.39 is 17.7 Å². The zero-order valence-electron chi connectivity index (χ0n) is 19.5. The van der Waals surface area contributed by atoms with E-state index in [-0.39, 0.29) is 11.8 Å². The van der Waals surface area contributed by atoms with Gasteiger partial charge in [0.1, 0.15) is 0 Å². The summed E-state index contributed by atoms with van der Waals surface area (Å²) in [6.07, 6.45) is -1.85. The zero-order valence-corrected chi connectivity index (χ0v) is 20.3. The molecule has 2 heterocycles. The second kappa shape index (κ2) is 9.93. The van der Waals surface area contributed by atoms with Crippen molar-refractivity contribution in [2.75, 3.05) is 31.7 Å². The highest BCUT2D eigenvalue weighted by molar-refractivity contribution is 7.22. The molecule has 35 heavy (non-hydrogen) atoms. The summed E-state index contributed by atoms with van der Waals surface area (Å²) in [5.74, 6) is 0.179. The third-order valence-corrected chi connectivity index (χ3v) is 7.57. The number of carboxylic acids is 1. The molecule has 0 saturated carbocycles. The van der Waals surface area contributed by atoms with Gasteiger partial charge in [0.2, 0.25) is 0 Å². The number of alkyl halides is 3. The summed E-state index contributed by atoms with van der Waals surface area (Å²) in [5, 5.41) is 9.78. The molecule has 10 heteroatoms. The van der Waals surface area contributed by atoms with Crippen LogP contribution in [0.25, 0.3) is 10.2 Å². The number of piperidine rings is 1. The molecule has 6 nitrogen and oxygen atoms in total. The van der Waals surface area contributed by atoms with E-state index in [1.807, 2.05) is 0 Å². The average Bonchev–Trinajstić information content (AvgIpc) is 3.22. The van der Waals surface area contributed by atoms with Crippen LogP contribution >= 0.6 is 11.3 Å². The maximum Gasteiger partial charge on any atom is 0.416 e. The number of carbonyl (C=O) groups is 1. The second-order valence-corrected chi connectivity index (χ2v) is 10.1. The number of methoxy groups -OCH3 is 1. The summed E-state index contributed by atoms with van der Waals surface area (Å²) in [5.41, 5.74) is 0.615.